The molecule has 0 bridgehead atoms. The fourth-order valence-electron chi connectivity index (χ4n) is 5.15. The summed E-state index contributed by atoms with van der Waals surface area (Å²) in [6.07, 6.45) is 2.02. The summed E-state index contributed by atoms with van der Waals surface area (Å²) in [5, 5.41) is 29.6. The number of rotatable bonds is 19. The number of pyridine rings is 1. The Balaban J connectivity index is 2.28. The van der Waals surface area contributed by atoms with E-state index in [0.717, 1.165) is 5.56 Å². The van der Waals surface area contributed by atoms with E-state index in [2.05, 4.69) is 20.9 Å². The van der Waals surface area contributed by atoms with Gasteiger partial charge in [0.25, 0.3) is 5.91 Å². The number of aliphatic hydroxyl groups excluding tert-OH is 2. The number of hydrogen-bond donors (Lipinski definition) is 5. The van der Waals surface area contributed by atoms with E-state index in [1.165, 1.54) is 25.4 Å². The number of carbonyl (C=O) groups excluding carboxylic acids is 3. The third kappa shape index (κ3) is 12.2. The summed E-state index contributed by atoms with van der Waals surface area (Å²) in [6.45, 7) is 9.22. The van der Waals surface area contributed by atoms with Gasteiger partial charge in [-0.1, -0.05) is 77.8 Å². The van der Waals surface area contributed by atoms with Gasteiger partial charge in [-0.15, -0.1) is 0 Å². The Morgan fingerprint density at radius 1 is 0.867 bits per heavy atom. The van der Waals surface area contributed by atoms with Gasteiger partial charge in [-0.2, -0.15) is 0 Å². The van der Waals surface area contributed by atoms with Gasteiger partial charge in [0.05, 0.1) is 34.6 Å². The lowest BCUT2D eigenvalue weighted by Crippen LogP contribution is -2.58. The molecule has 12 heteroatoms. The lowest BCUT2D eigenvalue weighted by Gasteiger charge is -2.32. The Morgan fingerprint density at radius 3 is 2.07 bits per heavy atom. The predicted molar refractivity (Wildman–Crippen MR) is 174 cm³/mol. The second kappa shape index (κ2) is 18.6. The first kappa shape index (κ1) is 37.8. The minimum absolute atomic E-state index is 0.0509. The molecule has 1 aromatic carbocycles. The Labute approximate surface area is 267 Å². The van der Waals surface area contributed by atoms with Gasteiger partial charge in [0.1, 0.15) is 12.1 Å². The van der Waals surface area contributed by atoms with Crippen LogP contribution in [0, 0.1) is 11.8 Å². The minimum atomic E-state index is -3.82. The Kier molecular flexibility index (Phi) is 15.6. The summed E-state index contributed by atoms with van der Waals surface area (Å²) in [6, 6.07) is 9.76. The zero-order chi connectivity index (χ0) is 33.6. The summed E-state index contributed by atoms with van der Waals surface area (Å²) in [5.74, 6) is -3.69. The lowest BCUT2D eigenvalue weighted by molar-refractivity contribution is -0.133. The van der Waals surface area contributed by atoms with Gasteiger partial charge in [0, 0.05) is 18.9 Å². The second-order valence-corrected chi connectivity index (χ2v) is 14.3. The van der Waals surface area contributed by atoms with E-state index in [-0.39, 0.29) is 24.4 Å². The average Bonchev–Trinajstić information content (AvgIpc) is 3.02. The van der Waals surface area contributed by atoms with Crippen molar-refractivity contribution in [3.8, 4) is 0 Å². The van der Waals surface area contributed by atoms with Gasteiger partial charge in [-0.05, 0) is 42.9 Å². The number of aromatic nitrogens is 1. The molecule has 45 heavy (non-hydrogen) atoms. The van der Waals surface area contributed by atoms with Crippen LogP contribution in [0.3, 0.4) is 0 Å². The molecular weight excluding hydrogens is 596 g/mol. The van der Waals surface area contributed by atoms with Gasteiger partial charge >= 0.3 is 0 Å². The van der Waals surface area contributed by atoms with Crippen LogP contribution in [0.25, 0.3) is 0 Å². The number of nitrogens with zero attached hydrogens (tertiary/aromatic N) is 1. The lowest BCUT2D eigenvalue weighted by atomic mass is 9.89. The zero-order valence-electron chi connectivity index (χ0n) is 27.0. The summed E-state index contributed by atoms with van der Waals surface area (Å²) >= 11 is 0. The molecule has 5 atom stereocenters. The standard InChI is InChI=1S/C33H50N4O7S/c1-6-12-26(13-7-2)45(43,44)21-28(37-32(41)25-16-11-17-34-20-25)33(42)36-27(18-22(3)4)30(39)29(38)23(5)31(40)35-19-24-14-9-8-10-15-24/h8-11,14-17,20,22-23,26-30,38-39H,6-7,12-13,18-19,21H2,1-5H3,(H,35,40)(H,36,42)(H,37,41). The van der Waals surface area contributed by atoms with E-state index in [1.807, 2.05) is 58.0 Å². The Hall–Kier alpha value is -3.35. The van der Waals surface area contributed by atoms with Crippen molar-refractivity contribution >= 4 is 27.6 Å². The maximum Gasteiger partial charge on any atom is 0.253 e. The fraction of sp³-hybridized carbons (Fsp3) is 0.576. The molecule has 1 heterocycles. The van der Waals surface area contributed by atoms with Crippen molar-refractivity contribution in [3.05, 3.63) is 66.0 Å². The van der Waals surface area contributed by atoms with Gasteiger partial charge in [-0.3, -0.25) is 19.4 Å². The first-order valence-electron chi connectivity index (χ1n) is 15.7. The van der Waals surface area contributed by atoms with E-state index in [0.29, 0.717) is 25.7 Å². The third-order valence-corrected chi connectivity index (χ3v) is 10.0. The molecule has 0 radical (unpaired) electrons. The number of benzene rings is 1. The highest BCUT2D eigenvalue weighted by atomic mass is 32.2. The number of hydrogen-bond acceptors (Lipinski definition) is 8. The summed E-state index contributed by atoms with van der Waals surface area (Å²) in [4.78, 5) is 43.5. The first-order chi connectivity index (χ1) is 21.3. The number of aliphatic hydroxyl groups is 2. The molecule has 1 aromatic heterocycles. The van der Waals surface area contributed by atoms with Crippen LogP contribution in [0.1, 0.15) is 82.6 Å². The van der Waals surface area contributed by atoms with E-state index < -0.39 is 68.8 Å². The van der Waals surface area contributed by atoms with Crippen molar-refractivity contribution < 1.29 is 33.0 Å². The van der Waals surface area contributed by atoms with Crippen molar-refractivity contribution in [2.24, 2.45) is 11.8 Å². The molecule has 250 valence electrons. The highest BCUT2D eigenvalue weighted by molar-refractivity contribution is 7.92. The van der Waals surface area contributed by atoms with E-state index in [4.69, 9.17) is 0 Å². The summed E-state index contributed by atoms with van der Waals surface area (Å²) in [5.41, 5.74) is 1.02. The largest absolute Gasteiger partial charge is 0.390 e. The van der Waals surface area contributed by atoms with E-state index in [1.54, 1.807) is 6.07 Å². The van der Waals surface area contributed by atoms with Crippen molar-refractivity contribution in [2.75, 3.05) is 5.75 Å². The van der Waals surface area contributed by atoms with Crippen LogP contribution in [-0.4, -0.2) is 76.6 Å². The predicted octanol–water partition coefficient (Wildman–Crippen LogP) is 2.77. The Bertz CT molecular complexity index is 1300. The van der Waals surface area contributed by atoms with Gasteiger partial charge < -0.3 is 26.2 Å². The molecule has 2 aromatic rings. The normalized spacial score (nSPS) is 15.1. The second-order valence-electron chi connectivity index (χ2n) is 12.0. The molecular formula is C33H50N4O7S. The van der Waals surface area contributed by atoms with Crippen molar-refractivity contribution in [3.63, 3.8) is 0 Å². The van der Waals surface area contributed by atoms with Crippen LogP contribution < -0.4 is 16.0 Å². The highest BCUT2D eigenvalue weighted by Crippen LogP contribution is 2.19. The summed E-state index contributed by atoms with van der Waals surface area (Å²) in [7, 11) is -3.82. The van der Waals surface area contributed by atoms with Crippen LogP contribution in [-0.2, 0) is 26.0 Å². The van der Waals surface area contributed by atoms with Crippen molar-refractivity contribution in [2.45, 2.75) is 103 Å². The smallest absolute Gasteiger partial charge is 0.253 e. The molecule has 3 amide bonds. The number of amides is 3. The minimum Gasteiger partial charge on any atom is -0.390 e. The highest BCUT2D eigenvalue weighted by Gasteiger charge is 2.38. The molecule has 0 aliphatic carbocycles. The molecule has 11 nitrogen and oxygen atoms in total. The molecule has 0 spiro atoms. The third-order valence-electron chi connectivity index (χ3n) is 7.72. The topological polar surface area (TPSA) is 175 Å². The van der Waals surface area contributed by atoms with Crippen molar-refractivity contribution in [1.82, 2.24) is 20.9 Å². The quantitative estimate of drug-likeness (QED) is 0.155. The maximum atomic E-state index is 13.7. The molecule has 0 saturated heterocycles. The van der Waals surface area contributed by atoms with Gasteiger partial charge in [0.15, 0.2) is 9.84 Å². The molecule has 5 N–H and O–H groups in total. The molecule has 0 fully saturated rings. The number of sulfone groups is 1. The first-order valence-corrected chi connectivity index (χ1v) is 17.4. The maximum absolute atomic E-state index is 13.7. The van der Waals surface area contributed by atoms with Crippen LogP contribution in [0.15, 0.2) is 54.9 Å². The van der Waals surface area contributed by atoms with Crippen LogP contribution in [0.5, 0.6) is 0 Å². The fourth-order valence-corrected chi connectivity index (χ4v) is 7.31. The van der Waals surface area contributed by atoms with Crippen LogP contribution in [0.2, 0.25) is 0 Å². The van der Waals surface area contributed by atoms with Gasteiger partial charge in [-0.25, -0.2) is 8.42 Å². The summed E-state index contributed by atoms with van der Waals surface area (Å²) < 4.78 is 27.0. The monoisotopic (exact) mass is 646 g/mol. The molecule has 0 aliphatic heterocycles. The van der Waals surface area contributed by atoms with E-state index in [9.17, 15) is 33.0 Å². The molecule has 0 saturated carbocycles. The number of nitrogens with one attached hydrogen (secondary N) is 3. The van der Waals surface area contributed by atoms with Crippen molar-refractivity contribution in [1.29, 1.82) is 0 Å². The zero-order valence-corrected chi connectivity index (χ0v) is 27.8. The van der Waals surface area contributed by atoms with Crippen LogP contribution >= 0.6 is 0 Å². The molecule has 2 rings (SSSR count). The molecule has 0 aliphatic rings. The number of carbonyl (C=O) groups is 3. The van der Waals surface area contributed by atoms with Crippen LogP contribution in [0.4, 0.5) is 0 Å². The average molecular weight is 647 g/mol. The van der Waals surface area contributed by atoms with Gasteiger partial charge in [0.2, 0.25) is 11.8 Å². The van der Waals surface area contributed by atoms with E-state index >= 15 is 0 Å². The molecule has 5 unspecified atom stereocenters. The SMILES string of the molecule is CCCC(CCC)S(=O)(=O)CC(NC(=O)c1cccnc1)C(=O)NC(CC(C)C)C(O)C(O)C(C)C(=O)NCc1ccccc1. The Morgan fingerprint density at radius 2 is 1.51 bits per heavy atom.